The molecule has 0 atom stereocenters. The molecule has 1 aromatic heterocycles. The zero-order chi connectivity index (χ0) is 13.1. The van der Waals surface area contributed by atoms with Crippen LogP contribution >= 0.6 is 0 Å². The molecule has 19 heavy (non-hydrogen) atoms. The predicted octanol–water partition coefficient (Wildman–Crippen LogP) is 2.64. The van der Waals surface area contributed by atoms with E-state index < -0.39 is 0 Å². The number of aromatic nitrogens is 3. The average Bonchev–Trinajstić information content (AvgIpc) is 2.89. The summed E-state index contributed by atoms with van der Waals surface area (Å²) in [7, 11) is 0. The minimum atomic E-state index is 0.643. The molecule has 0 amide bonds. The zero-order valence-corrected chi connectivity index (χ0v) is 10.4. The predicted molar refractivity (Wildman–Crippen MR) is 75.5 cm³/mol. The molecule has 4 heteroatoms. The Kier molecular flexibility index (Phi) is 2.98. The molecule has 3 aromatic rings. The Balaban J connectivity index is 1.86. The van der Waals surface area contributed by atoms with Crippen LogP contribution in [0, 0.1) is 0 Å². The van der Waals surface area contributed by atoms with E-state index in [-0.39, 0.29) is 0 Å². The van der Waals surface area contributed by atoms with Crippen LogP contribution in [-0.2, 0) is 6.42 Å². The maximum Gasteiger partial charge on any atom is 0.183 e. The lowest BCUT2D eigenvalue weighted by atomic mass is 10.1. The molecule has 0 fully saturated rings. The number of H-pyrrole nitrogens is 1. The number of para-hydroxylation sites is 1. The summed E-state index contributed by atoms with van der Waals surface area (Å²) in [6.07, 6.45) is 0.737. The topological polar surface area (TPSA) is 67.6 Å². The van der Waals surface area contributed by atoms with Gasteiger partial charge < -0.3 is 5.73 Å². The monoisotopic (exact) mass is 250 g/mol. The third-order valence-corrected chi connectivity index (χ3v) is 2.95. The largest absolute Gasteiger partial charge is 0.398 e. The van der Waals surface area contributed by atoms with Crippen LogP contribution in [0.25, 0.3) is 11.4 Å². The minimum Gasteiger partial charge on any atom is -0.398 e. The summed E-state index contributed by atoms with van der Waals surface area (Å²) in [6.45, 7) is 0. The average molecular weight is 250 g/mol. The molecule has 4 nitrogen and oxygen atoms in total. The van der Waals surface area contributed by atoms with E-state index in [1.807, 2.05) is 42.5 Å². The van der Waals surface area contributed by atoms with Gasteiger partial charge in [0.25, 0.3) is 0 Å². The first-order valence-electron chi connectivity index (χ1n) is 6.13. The number of anilines is 1. The van der Waals surface area contributed by atoms with E-state index >= 15 is 0 Å². The van der Waals surface area contributed by atoms with Gasteiger partial charge in [0, 0.05) is 17.7 Å². The second-order valence-electron chi connectivity index (χ2n) is 4.36. The molecule has 0 saturated heterocycles. The molecule has 3 rings (SSSR count). The van der Waals surface area contributed by atoms with Crippen molar-refractivity contribution in [2.45, 2.75) is 6.42 Å². The van der Waals surface area contributed by atoms with Gasteiger partial charge in [-0.3, -0.25) is 5.10 Å². The first-order valence-corrected chi connectivity index (χ1v) is 6.13. The van der Waals surface area contributed by atoms with Crippen molar-refractivity contribution in [3.8, 4) is 11.4 Å². The molecule has 0 bridgehead atoms. The van der Waals surface area contributed by atoms with Gasteiger partial charge in [0.15, 0.2) is 5.82 Å². The maximum atomic E-state index is 5.92. The van der Waals surface area contributed by atoms with Gasteiger partial charge in [-0.05, 0) is 17.7 Å². The quantitative estimate of drug-likeness (QED) is 0.702. The molecular formula is C15H14N4. The van der Waals surface area contributed by atoms with E-state index in [1.165, 1.54) is 5.56 Å². The maximum absolute atomic E-state index is 5.92. The molecular weight excluding hydrogens is 236 g/mol. The molecule has 2 aromatic carbocycles. The normalized spacial score (nSPS) is 10.5. The van der Waals surface area contributed by atoms with Gasteiger partial charge in [-0.25, -0.2) is 4.98 Å². The fourth-order valence-electron chi connectivity index (χ4n) is 1.98. The Morgan fingerprint density at radius 2 is 1.68 bits per heavy atom. The molecule has 1 heterocycles. The molecule has 0 radical (unpaired) electrons. The Bertz CT molecular complexity index is 673. The van der Waals surface area contributed by atoms with Crippen LogP contribution in [0.3, 0.4) is 0 Å². The number of hydrogen-bond donors (Lipinski definition) is 2. The highest BCUT2D eigenvalue weighted by Crippen LogP contribution is 2.21. The molecule has 0 aliphatic carbocycles. The van der Waals surface area contributed by atoms with E-state index in [0.717, 1.165) is 17.8 Å². The van der Waals surface area contributed by atoms with Crippen LogP contribution in [-0.4, -0.2) is 15.2 Å². The number of benzene rings is 2. The van der Waals surface area contributed by atoms with Crippen LogP contribution < -0.4 is 5.73 Å². The third kappa shape index (κ3) is 2.47. The van der Waals surface area contributed by atoms with Crippen molar-refractivity contribution in [1.82, 2.24) is 15.2 Å². The molecule has 0 saturated carbocycles. The van der Waals surface area contributed by atoms with Crippen LogP contribution in [0.1, 0.15) is 11.4 Å². The summed E-state index contributed by atoms with van der Waals surface area (Å²) in [5, 5.41) is 7.19. The third-order valence-electron chi connectivity index (χ3n) is 2.95. The fraction of sp³-hybridized carbons (Fsp3) is 0.0667. The lowest BCUT2D eigenvalue weighted by molar-refractivity contribution is 0.973. The molecule has 0 unspecified atom stereocenters. The zero-order valence-electron chi connectivity index (χ0n) is 10.4. The van der Waals surface area contributed by atoms with Crippen molar-refractivity contribution < 1.29 is 0 Å². The van der Waals surface area contributed by atoms with Crippen LogP contribution in [0.15, 0.2) is 54.6 Å². The number of rotatable bonds is 3. The lowest BCUT2D eigenvalue weighted by Crippen LogP contribution is -1.92. The summed E-state index contributed by atoms with van der Waals surface area (Å²) < 4.78 is 0. The van der Waals surface area contributed by atoms with Crippen molar-refractivity contribution in [3.63, 3.8) is 0 Å². The fourth-order valence-corrected chi connectivity index (χ4v) is 1.98. The molecule has 0 aliphatic heterocycles. The summed E-state index contributed by atoms with van der Waals surface area (Å²) >= 11 is 0. The smallest absolute Gasteiger partial charge is 0.183 e. The SMILES string of the molecule is Nc1ccccc1-c1n[nH]c(Cc2ccccc2)n1. The number of hydrogen-bond acceptors (Lipinski definition) is 3. The summed E-state index contributed by atoms with van der Waals surface area (Å²) in [5.41, 5.74) is 8.67. The Morgan fingerprint density at radius 1 is 0.947 bits per heavy atom. The Labute approximate surface area is 111 Å². The second-order valence-corrected chi connectivity index (χ2v) is 4.36. The molecule has 0 aliphatic rings. The van der Waals surface area contributed by atoms with E-state index in [9.17, 15) is 0 Å². The number of nitrogens with zero attached hydrogens (tertiary/aromatic N) is 2. The summed E-state index contributed by atoms with van der Waals surface area (Å²) in [5.74, 6) is 1.48. The summed E-state index contributed by atoms with van der Waals surface area (Å²) in [6, 6.07) is 17.8. The van der Waals surface area contributed by atoms with E-state index in [2.05, 4.69) is 27.3 Å². The van der Waals surface area contributed by atoms with Crippen molar-refractivity contribution in [1.29, 1.82) is 0 Å². The number of nitrogens with two attached hydrogens (primary N) is 1. The molecule has 0 spiro atoms. The summed E-state index contributed by atoms with van der Waals surface area (Å²) in [4.78, 5) is 4.49. The Morgan fingerprint density at radius 3 is 2.47 bits per heavy atom. The van der Waals surface area contributed by atoms with Gasteiger partial charge in [0.2, 0.25) is 0 Å². The van der Waals surface area contributed by atoms with Crippen molar-refractivity contribution >= 4 is 5.69 Å². The van der Waals surface area contributed by atoms with Crippen LogP contribution in [0.5, 0.6) is 0 Å². The van der Waals surface area contributed by atoms with Gasteiger partial charge in [-0.1, -0.05) is 42.5 Å². The van der Waals surface area contributed by atoms with E-state index in [1.54, 1.807) is 0 Å². The van der Waals surface area contributed by atoms with Gasteiger partial charge in [-0.15, -0.1) is 0 Å². The standard InChI is InChI=1S/C15H14N4/c16-13-9-5-4-8-12(13)15-17-14(18-19-15)10-11-6-2-1-3-7-11/h1-9H,10,16H2,(H,17,18,19). The van der Waals surface area contributed by atoms with Crippen molar-refractivity contribution in [2.75, 3.05) is 5.73 Å². The van der Waals surface area contributed by atoms with Gasteiger partial charge in [0.1, 0.15) is 5.82 Å². The molecule has 94 valence electrons. The number of nitrogens with one attached hydrogen (secondary N) is 1. The van der Waals surface area contributed by atoms with Crippen molar-refractivity contribution in [3.05, 3.63) is 66.0 Å². The van der Waals surface area contributed by atoms with E-state index in [0.29, 0.717) is 11.5 Å². The van der Waals surface area contributed by atoms with Crippen LogP contribution in [0.4, 0.5) is 5.69 Å². The Hall–Kier alpha value is -2.62. The number of aromatic amines is 1. The highest BCUT2D eigenvalue weighted by atomic mass is 15.2. The van der Waals surface area contributed by atoms with Gasteiger partial charge >= 0.3 is 0 Å². The van der Waals surface area contributed by atoms with Gasteiger partial charge in [-0.2, -0.15) is 5.10 Å². The van der Waals surface area contributed by atoms with Crippen molar-refractivity contribution in [2.24, 2.45) is 0 Å². The first kappa shape index (κ1) is 11.5. The first-order chi connectivity index (χ1) is 9.33. The molecule has 3 N–H and O–H groups in total. The highest BCUT2D eigenvalue weighted by molar-refractivity contribution is 5.70. The number of nitrogen functional groups attached to an aromatic ring is 1. The van der Waals surface area contributed by atoms with Crippen LogP contribution in [0.2, 0.25) is 0 Å². The lowest BCUT2D eigenvalue weighted by Gasteiger charge is -1.99. The van der Waals surface area contributed by atoms with Gasteiger partial charge in [0.05, 0.1) is 0 Å². The van der Waals surface area contributed by atoms with E-state index in [4.69, 9.17) is 5.73 Å². The second kappa shape index (κ2) is 4.94. The minimum absolute atomic E-state index is 0.643. The highest BCUT2D eigenvalue weighted by Gasteiger charge is 2.08.